The van der Waals surface area contributed by atoms with Gasteiger partial charge in [0.25, 0.3) is 0 Å². The van der Waals surface area contributed by atoms with Gasteiger partial charge in [0.1, 0.15) is 5.82 Å². The number of sulfonamides is 1. The molecule has 1 aliphatic rings. The van der Waals surface area contributed by atoms with Crippen LogP contribution >= 0.6 is 24.0 Å². The van der Waals surface area contributed by atoms with E-state index in [0.717, 1.165) is 18.9 Å². The van der Waals surface area contributed by atoms with Crippen molar-refractivity contribution in [2.24, 2.45) is 10.9 Å². The molecule has 0 amide bonds. The van der Waals surface area contributed by atoms with Gasteiger partial charge >= 0.3 is 0 Å². The molecule has 10 heteroatoms. The van der Waals surface area contributed by atoms with Crippen LogP contribution in [0.3, 0.4) is 0 Å². The smallest absolute Gasteiger partial charge is 0.234 e. The van der Waals surface area contributed by atoms with Crippen LogP contribution in [0.15, 0.2) is 23.2 Å². The molecule has 0 aliphatic heterocycles. The molecule has 0 saturated heterocycles. The quantitative estimate of drug-likeness (QED) is 0.178. The number of halogens is 2. The van der Waals surface area contributed by atoms with E-state index in [1.807, 2.05) is 0 Å². The minimum absolute atomic E-state index is 0. The molecule has 7 nitrogen and oxygen atoms in total. The predicted molar refractivity (Wildman–Crippen MR) is 121 cm³/mol. The zero-order chi connectivity index (χ0) is 19.7. The Labute approximate surface area is 184 Å². The highest BCUT2D eigenvalue weighted by atomic mass is 127. The third kappa shape index (κ3) is 9.87. The van der Waals surface area contributed by atoms with Crippen molar-refractivity contribution < 1.29 is 17.5 Å². The second-order valence-electron chi connectivity index (χ2n) is 6.68. The molecule has 1 aromatic carbocycles. The molecule has 0 atom stereocenters. The molecule has 1 aromatic rings. The third-order valence-corrected chi connectivity index (χ3v) is 5.43. The van der Waals surface area contributed by atoms with Crippen molar-refractivity contribution >= 4 is 45.6 Å². The monoisotopic (exact) mass is 528 g/mol. The van der Waals surface area contributed by atoms with Crippen molar-refractivity contribution in [2.75, 3.05) is 43.8 Å². The Balaban J connectivity index is 0.00000392. The van der Waals surface area contributed by atoms with Gasteiger partial charge in [-0.25, -0.2) is 12.8 Å². The number of aryl methyl sites for hydroxylation is 1. The lowest BCUT2D eigenvalue weighted by Crippen LogP contribution is -2.40. The van der Waals surface area contributed by atoms with Crippen molar-refractivity contribution in [3.63, 3.8) is 0 Å². The van der Waals surface area contributed by atoms with Gasteiger partial charge in [0.05, 0.1) is 11.4 Å². The average Bonchev–Trinajstić information content (AvgIpc) is 3.43. The molecular formula is C18H30FIN4O3S. The average molecular weight is 528 g/mol. The third-order valence-electron chi connectivity index (χ3n) is 4.14. The fourth-order valence-corrected chi connectivity index (χ4v) is 3.29. The highest BCUT2D eigenvalue weighted by Crippen LogP contribution is 2.28. The minimum Gasteiger partial charge on any atom is -0.381 e. The van der Waals surface area contributed by atoms with Crippen molar-refractivity contribution in [3.8, 4) is 0 Å². The predicted octanol–water partition coefficient (Wildman–Crippen LogP) is 2.48. The first-order valence-electron chi connectivity index (χ1n) is 9.18. The normalized spacial score (nSPS) is 14.3. The van der Waals surface area contributed by atoms with Crippen LogP contribution in [0.4, 0.5) is 10.1 Å². The van der Waals surface area contributed by atoms with E-state index in [0.29, 0.717) is 24.7 Å². The first-order valence-corrected chi connectivity index (χ1v) is 10.8. The Morgan fingerprint density at radius 2 is 2.00 bits per heavy atom. The summed E-state index contributed by atoms with van der Waals surface area (Å²) in [5.41, 5.74) is 0.680. The van der Waals surface area contributed by atoms with E-state index in [9.17, 15) is 12.8 Å². The highest BCUT2D eigenvalue weighted by Gasteiger charge is 2.20. The van der Waals surface area contributed by atoms with Crippen LogP contribution in [-0.2, 0) is 14.8 Å². The summed E-state index contributed by atoms with van der Waals surface area (Å²) in [6.07, 6.45) is 3.42. The Morgan fingerprint density at radius 1 is 1.29 bits per heavy atom. The number of rotatable bonds is 11. The van der Waals surface area contributed by atoms with Crippen LogP contribution in [0.1, 0.15) is 24.8 Å². The Kier molecular flexibility index (Phi) is 11.1. The van der Waals surface area contributed by atoms with Crippen LogP contribution in [0.2, 0.25) is 0 Å². The van der Waals surface area contributed by atoms with Crippen LogP contribution < -0.4 is 15.4 Å². The molecule has 0 unspecified atom stereocenters. The van der Waals surface area contributed by atoms with E-state index < -0.39 is 15.8 Å². The molecule has 1 saturated carbocycles. The van der Waals surface area contributed by atoms with E-state index in [-0.39, 0.29) is 42.0 Å². The largest absolute Gasteiger partial charge is 0.381 e. The zero-order valence-electron chi connectivity index (χ0n) is 16.3. The van der Waals surface area contributed by atoms with Crippen LogP contribution in [0.25, 0.3) is 0 Å². The number of nitrogens with zero attached hydrogens (tertiary/aromatic N) is 1. The van der Waals surface area contributed by atoms with Gasteiger partial charge in [0.2, 0.25) is 10.0 Å². The van der Waals surface area contributed by atoms with Gasteiger partial charge < -0.3 is 15.4 Å². The number of hydrogen-bond acceptors (Lipinski definition) is 4. The van der Waals surface area contributed by atoms with Gasteiger partial charge in [-0.05, 0) is 49.8 Å². The number of benzene rings is 1. The summed E-state index contributed by atoms with van der Waals surface area (Å²) in [6.45, 7) is 4.05. The van der Waals surface area contributed by atoms with Gasteiger partial charge in [0.15, 0.2) is 5.96 Å². The van der Waals surface area contributed by atoms with Crippen molar-refractivity contribution in [2.45, 2.75) is 26.2 Å². The van der Waals surface area contributed by atoms with E-state index in [2.05, 4.69) is 20.3 Å². The van der Waals surface area contributed by atoms with Crippen LogP contribution in [0.5, 0.6) is 0 Å². The van der Waals surface area contributed by atoms with Gasteiger partial charge in [-0.1, -0.05) is 6.07 Å². The molecule has 0 aromatic heterocycles. The lowest BCUT2D eigenvalue weighted by atomic mass is 10.2. The van der Waals surface area contributed by atoms with Gasteiger partial charge in [0, 0.05) is 33.4 Å². The Hall–Kier alpha value is -1.14. The fraction of sp³-hybridized carbons (Fsp3) is 0.611. The highest BCUT2D eigenvalue weighted by molar-refractivity contribution is 14.0. The minimum atomic E-state index is -3.58. The van der Waals surface area contributed by atoms with Crippen LogP contribution in [-0.4, -0.2) is 53.5 Å². The van der Waals surface area contributed by atoms with Crippen LogP contribution in [0, 0.1) is 18.7 Å². The van der Waals surface area contributed by atoms with Gasteiger partial charge in [-0.15, -0.1) is 24.0 Å². The summed E-state index contributed by atoms with van der Waals surface area (Å²) < 4.78 is 45.7. The molecule has 0 heterocycles. The number of hydrogen-bond donors (Lipinski definition) is 3. The number of guanidine groups is 1. The molecule has 1 aliphatic carbocycles. The lowest BCUT2D eigenvalue weighted by molar-refractivity contribution is 0.123. The maximum Gasteiger partial charge on any atom is 0.234 e. The molecule has 2 rings (SSSR count). The van der Waals surface area contributed by atoms with Gasteiger partial charge in [-0.2, -0.15) is 0 Å². The molecule has 28 heavy (non-hydrogen) atoms. The van der Waals surface area contributed by atoms with Gasteiger partial charge in [-0.3, -0.25) is 9.71 Å². The number of anilines is 1. The maximum atomic E-state index is 13.5. The van der Waals surface area contributed by atoms with E-state index in [1.54, 1.807) is 14.0 Å². The molecule has 0 spiro atoms. The molecular weight excluding hydrogens is 498 g/mol. The number of nitrogens with one attached hydrogen (secondary N) is 3. The first kappa shape index (κ1) is 24.9. The summed E-state index contributed by atoms with van der Waals surface area (Å²) in [6, 6.07) is 4.24. The zero-order valence-corrected chi connectivity index (χ0v) is 19.5. The van der Waals surface area contributed by atoms with Crippen molar-refractivity contribution in [1.82, 2.24) is 10.6 Å². The Bertz CT molecular complexity index is 742. The SMILES string of the molecule is CN=C(NCCCOCC1CC1)NCCS(=O)(=O)Nc1ccc(C)c(F)c1.I. The molecule has 0 radical (unpaired) electrons. The van der Waals surface area contributed by atoms with E-state index in [4.69, 9.17) is 4.74 Å². The first-order chi connectivity index (χ1) is 12.9. The summed E-state index contributed by atoms with van der Waals surface area (Å²) in [7, 11) is -1.96. The standard InChI is InChI=1S/C18H29FN4O3S.HI/c1-14-4-7-16(12-17(14)19)23-27(24,25)11-9-22-18(20-2)21-8-3-10-26-13-15-5-6-15;/h4,7,12,15,23H,3,5-6,8-11,13H2,1-2H3,(H2,20,21,22);1H. The molecule has 0 bridgehead atoms. The van der Waals surface area contributed by atoms with E-state index >= 15 is 0 Å². The molecule has 160 valence electrons. The summed E-state index contributed by atoms with van der Waals surface area (Å²) in [5.74, 6) is 0.695. The molecule has 3 N–H and O–H groups in total. The number of ether oxygens (including phenoxy) is 1. The second kappa shape index (κ2) is 12.4. The summed E-state index contributed by atoms with van der Waals surface area (Å²) in [4.78, 5) is 4.06. The van der Waals surface area contributed by atoms with Crippen molar-refractivity contribution in [1.29, 1.82) is 0 Å². The maximum absolute atomic E-state index is 13.5. The van der Waals surface area contributed by atoms with E-state index in [1.165, 1.54) is 31.0 Å². The lowest BCUT2D eigenvalue weighted by Gasteiger charge is -2.13. The number of aliphatic imine (C=N–C) groups is 1. The Morgan fingerprint density at radius 3 is 2.64 bits per heavy atom. The topological polar surface area (TPSA) is 91.8 Å². The summed E-state index contributed by atoms with van der Waals surface area (Å²) in [5, 5.41) is 6.07. The summed E-state index contributed by atoms with van der Waals surface area (Å²) >= 11 is 0. The van der Waals surface area contributed by atoms with Crippen molar-refractivity contribution in [3.05, 3.63) is 29.6 Å². The second-order valence-corrected chi connectivity index (χ2v) is 8.52. The fourth-order valence-electron chi connectivity index (χ4n) is 2.33. The molecule has 1 fully saturated rings.